The average molecular weight is 705 g/mol. The summed E-state index contributed by atoms with van der Waals surface area (Å²) < 4.78 is 88.0. The van der Waals surface area contributed by atoms with E-state index < -0.39 is 108 Å². The summed E-state index contributed by atoms with van der Waals surface area (Å²) in [5.41, 5.74) is 0.0846. The Kier molecular flexibility index (Phi) is 11.9. The third-order valence-electron chi connectivity index (χ3n) is 8.17. The molecule has 2 fully saturated rings. The lowest BCUT2D eigenvalue weighted by atomic mass is 9.82. The number of Topliss-reactive ketones (excluding diaryl/α,β-unsaturated/α-hetero) is 1. The number of hydrogen-bond donors (Lipinski definition) is 4. The molecule has 260 valence electrons. The zero-order valence-electron chi connectivity index (χ0n) is 25.2. The van der Waals surface area contributed by atoms with Crippen LogP contribution >= 0.6 is 11.6 Å². The van der Waals surface area contributed by atoms with Crippen molar-refractivity contribution < 1.29 is 55.1 Å². The van der Waals surface area contributed by atoms with Gasteiger partial charge >= 0.3 is 11.8 Å². The average Bonchev–Trinajstić information content (AvgIpc) is 3.44. The van der Waals surface area contributed by atoms with Crippen LogP contribution in [0.2, 0.25) is 5.02 Å². The van der Waals surface area contributed by atoms with Crippen molar-refractivity contribution in [1.82, 2.24) is 16.0 Å². The molecule has 48 heavy (non-hydrogen) atoms. The van der Waals surface area contributed by atoms with Crippen LogP contribution < -0.4 is 26.0 Å². The number of hydrogen-bond acceptors (Lipinski definition) is 6. The third-order valence-corrected chi connectivity index (χ3v) is 8.50. The first-order valence-corrected chi connectivity index (χ1v) is 15.3. The molecule has 1 aliphatic heterocycles. The van der Waals surface area contributed by atoms with Gasteiger partial charge in [0.25, 0.3) is 0 Å². The van der Waals surface area contributed by atoms with Gasteiger partial charge in [-0.1, -0.05) is 23.7 Å². The van der Waals surface area contributed by atoms with Gasteiger partial charge in [0, 0.05) is 31.4 Å². The van der Waals surface area contributed by atoms with Crippen molar-refractivity contribution in [2.24, 2.45) is 11.8 Å². The van der Waals surface area contributed by atoms with Crippen LogP contribution in [-0.4, -0.2) is 60.6 Å². The molecule has 0 spiro atoms. The second-order valence-corrected chi connectivity index (χ2v) is 12.0. The number of para-hydroxylation sites is 1. The summed E-state index contributed by atoms with van der Waals surface area (Å²) in [5, 5.41) is 9.56. The largest absolute Gasteiger partial charge is 0.479 e. The van der Waals surface area contributed by atoms with Crippen LogP contribution in [0.3, 0.4) is 0 Å². The number of amides is 4. The Balaban J connectivity index is 1.53. The molecule has 1 saturated carbocycles. The van der Waals surface area contributed by atoms with Crippen LogP contribution in [0.15, 0.2) is 30.3 Å². The second-order valence-electron chi connectivity index (χ2n) is 11.6. The first kappa shape index (κ1) is 36.5. The Hall–Kier alpha value is -4.34. The van der Waals surface area contributed by atoms with Crippen molar-refractivity contribution in [3.8, 4) is 5.75 Å². The summed E-state index contributed by atoms with van der Waals surface area (Å²) in [6.07, 6.45) is -1.29. The van der Waals surface area contributed by atoms with Crippen molar-refractivity contribution in [3.63, 3.8) is 0 Å². The number of benzene rings is 2. The van der Waals surface area contributed by atoms with Crippen LogP contribution in [0.25, 0.3) is 0 Å². The van der Waals surface area contributed by atoms with E-state index in [1.807, 2.05) is 0 Å². The van der Waals surface area contributed by atoms with E-state index in [9.17, 15) is 50.3 Å². The van der Waals surface area contributed by atoms with Gasteiger partial charge in [-0.25, -0.2) is 17.6 Å². The van der Waals surface area contributed by atoms with Gasteiger partial charge in [-0.15, -0.1) is 0 Å². The third kappa shape index (κ3) is 9.39. The molecule has 4 rings (SSSR count). The zero-order valence-corrected chi connectivity index (χ0v) is 25.9. The number of carbonyl (C=O) groups is 5. The summed E-state index contributed by atoms with van der Waals surface area (Å²) in [6, 6.07) is 2.77. The van der Waals surface area contributed by atoms with Crippen LogP contribution in [0.1, 0.15) is 44.9 Å². The Morgan fingerprint density at radius 1 is 0.917 bits per heavy atom. The molecular weight excluding hydrogens is 674 g/mol. The summed E-state index contributed by atoms with van der Waals surface area (Å²) in [5.74, 6) is -18.2. The minimum absolute atomic E-state index is 0.0156. The molecule has 17 heteroatoms. The molecule has 1 saturated heterocycles. The standard InChI is InChI=1S/C31H31ClF6N4O6/c32-17-3-1-2-4-20(17)40-29(46)30(47)42-22(11-15-5-8-31(37,38)9-6-15)28(45)41-21(12-16-7-10-39-27(16)44)23(43)14-48-26-24(35)18(33)13-19(34)25(26)36/h1-4,13,15-16,21-22H,5-12,14H2,(H,39,44)(H,40,46)(H,41,45)(H,42,47)/t16-,21-,22-/m0/s1. The van der Waals surface area contributed by atoms with E-state index in [4.69, 9.17) is 16.3 Å². The van der Waals surface area contributed by atoms with Gasteiger partial charge in [0.15, 0.2) is 23.2 Å². The molecule has 0 radical (unpaired) electrons. The number of rotatable bonds is 12. The molecule has 0 unspecified atom stereocenters. The predicted molar refractivity (Wildman–Crippen MR) is 158 cm³/mol. The quantitative estimate of drug-likeness (QED) is 0.148. The molecule has 10 nitrogen and oxygen atoms in total. The van der Waals surface area contributed by atoms with Crippen molar-refractivity contribution >= 4 is 46.7 Å². The molecule has 1 heterocycles. The normalized spacial score (nSPS) is 18.7. The number of ketones is 1. The fourth-order valence-corrected chi connectivity index (χ4v) is 5.67. The molecule has 4 N–H and O–H groups in total. The van der Waals surface area contributed by atoms with Gasteiger partial charge in [0.1, 0.15) is 12.6 Å². The Bertz CT molecular complexity index is 1540. The highest BCUT2D eigenvalue weighted by Crippen LogP contribution is 2.38. The van der Waals surface area contributed by atoms with E-state index in [2.05, 4.69) is 21.3 Å². The summed E-state index contributed by atoms with van der Waals surface area (Å²) in [6.45, 7) is -0.954. The summed E-state index contributed by atoms with van der Waals surface area (Å²) in [7, 11) is 0. The van der Waals surface area contributed by atoms with E-state index in [0.29, 0.717) is 0 Å². The Morgan fingerprint density at radius 3 is 2.17 bits per heavy atom. The Labute approximate surface area is 275 Å². The maximum atomic E-state index is 14.1. The maximum Gasteiger partial charge on any atom is 0.313 e. The molecule has 2 aromatic carbocycles. The van der Waals surface area contributed by atoms with E-state index in [-0.39, 0.29) is 55.4 Å². The maximum absolute atomic E-state index is 14.1. The van der Waals surface area contributed by atoms with E-state index in [0.717, 1.165) is 0 Å². The number of nitrogens with one attached hydrogen (secondary N) is 4. The molecule has 3 atom stereocenters. The highest BCUT2D eigenvalue weighted by Gasteiger charge is 2.39. The highest BCUT2D eigenvalue weighted by atomic mass is 35.5. The lowest BCUT2D eigenvalue weighted by Gasteiger charge is -2.31. The number of halogens is 7. The number of ether oxygens (including phenoxy) is 1. The smallest absolute Gasteiger partial charge is 0.313 e. The van der Waals surface area contributed by atoms with E-state index in [1.54, 1.807) is 6.07 Å². The summed E-state index contributed by atoms with van der Waals surface area (Å²) >= 11 is 6.02. The van der Waals surface area contributed by atoms with Crippen LogP contribution in [-0.2, 0) is 24.0 Å². The van der Waals surface area contributed by atoms with Crippen molar-refractivity contribution in [1.29, 1.82) is 0 Å². The number of alkyl halides is 2. The van der Waals surface area contributed by atoms with Crippen LogP contribution in [0, 0.1) is 35.1 Å². The Morgan fingerprint density at radius 2 is 1.56 bits per heavy atom. The molecule has 2 aromatic rings. The van der Waals surface area contributed by atoms with Gasteiger partial charge in [0.2, 0.25) is 29.4 Å². The molecule has 1 aliphatic carbocycles. The van der Waals surface area contributed by atoms with Gasteiger partial charge < -0.3 is 26.0 Å². The van der Waals surface area contributed by atoms with Gasteiger partial charge in [0.05, 0.1) is 16.8 Å². The van der Waals surface area contributed by atoms with Gasteiger partial charge in [-0.05, 0) is 50.2 Å². The molecule has 0 aromatic heterocycles. The lowest BCUT2D eigenvalue weighted by Crippen LogP contribution is -2.55. The molecular formula is C31H31ClF6N4O6. The van der Waals surface area contributed by atoms with E-state index in [1.165, 1.54) is 18.2 Å². The van der Waals surface area contributed by atoms with Crippen LogP contribution in [0.4, 0.5) is 32.0 Å². The second kappa shape index (κ2) is 15.7. The predicted octanol–water partition coefficient (Wildman–Crippen LogP) is 4.19. The fourth-order valence-electron chi connectivity index (χ4n) is 5.49. The van der Waals surface area contributed by atoms with Crippen LogP contribution in [0.5, 0.6) is 5.75 Å². The first-order valence-electron chi connectivity index (χ1n) is 15.0. The van der Waals surface area contributed by atoms with Crippen molar-refractivity contribution in [2.75, 3.05) is 18.5 Å². The highest BCUT2D eigenvalue weighted by molar-refractivity contribution is 6.41. The van der Waals surface area contributed by atoms with Gasteiger partial charge in [-0.3, -0.25) is 24.0 Å². The number of anilines is 1. The van der Waals surface area contributed by atoms with Gasteiger partial charge in [-0.2, -0.15) is 8.78 Å². The zero-order chi connectivity index (χ0) is 35.2. The molecule has 0 bridgehead atoms. The van der Waals surface area contributed by atoms with E-state index >= 15 is 0 Å². The first-order chi connectivity index (χ1) is 22.6. The lowest BCUT2D eigenvalue weighted by molar-refractivity contribution is -0.139. The minimum Gasteiger partial charge on any atom is -0.479 e. The van der Waals surface area contributed by atoms with Crippen molar-refractivity contribution in [2.45, 2.75) is 63.0 Å². The van der Waals surface area contributed by atoms with Crippen molar-refractivity contribution in [3.05, 3.63) is 58.6 Å². The molecule has 2 aliphatic rings. The fraction of sp³-hybridized carbons (Fsp3) is 0.452. The number of carbonyl (C=O) groups excluding carboxylic acids is 5. The SMILES string of the molecule is O=C(Nc1ccccc1Cl)C(=O)N[C@@H](CC1CCC(F)(F)CC1)C(=O)N[C@@H](C[C@@H]1CCNC1=O)C(=O)COc1c(F)c(F)cc(F)c1F. The monoisotopic (exact) mass is 704 g/mol. The minimum atomic E-state index is -2.91. The summed E-state index contributed by atoms with van der Waals surface area (Å²) in [4.78, 5) is 64.7. The topological polar surface area (TPSA) is 143 Å². The molecule has 4 amide bonds.